The van der Waals surface area contributed by atoms with Crippen LogP contribution in [-0.2, 0) is 4.74 Å². The van der Waals surface area contributed by atoms with Crippen LogP contribution in [0.1, 0.15) is 0 Å². The van der Waals surface area contributed by atoms with E-state index in [1.165, 1.54) is 6.08 Å². The van der Waals surface area contributed by atoms with Gasteiger partial charge in [-0.3, -0.25) is 0 Å². The van der Waals surface area contributed by atoms with Gasteiger partial charge in [-0.25, -0.2) is 4.79 Å². The number of hydrogen-bond donors (Lipinski definition) is 1. The predicted octanol–water partition coefficient (Wildman–Crippen LogP) is 0.268. The molecule has 2 N–H and O–H groups in total. The summed E-state index contributed by atoms with van der Waals surface area (Å²) in [6.45, 7) is 3.49. The fourth-order valence-corrected chi connectivity index (χ4v) is 0.141. The molecular formula is C4H7NO2. The van der Waals surface area contributed by atoms with Gasteiger partial charge in [0.25, 0.3) is 0 Å². The minimum absolute atomic E-state index is 0.190. The fourth-order valence-electron chi connectivity index (χ4n) is 0.141. The Hall–Kier alpha value is -0.990. The highest BCUT2D eigenvalue weighted by Gasteiger charge is 1.84. The molecule has 1 amide bonds. The molecule has 7 heavy (non-hydrogen) atoms. The van der Waals surface area contributed by atoms with E-state index in [4.69, 9.17) is 0 Å². The van der Waals surface area contributed by atoms with Gasteiger partial charge in [-0.05, 0) is 0 Å². The summed E-state index contributed by atoms with van der Waals surface area (Å²) in [6, 6.07) is 0. The van der Waals surface area contributed by atoms with Gasteiger partial charge in [0.1, 0.15) is 6.61 Å². The van der Waals surface area contributed by atoms with Crippen LogP contribution in [0, 0.1) is 0 Å². The maximum absolute atomic E-state index is 9.71. The van der Waals surface area contributed by atoms with Crippen molar-refractivity contribution in [3.05, 3.63) is 12.7 Å². The van der Waals surface area contributed by atoms with Crippen molar-refractivity contribution in [1.29, 1.82) is 0 Å². The van der Waals surface area contributed by atoms with E-state index in [1.54, 1.807) is 0 Å². The average molecular weight is 101 g/mol. The van der Waals surface area contributed by atoms with E-state index in [2.05, 4.69) is 17.0 Å². The maximum atomic E-state index is 9.71. The van der Waals surface area contributed by atoms with Crippen molar-refractivity contribution in [2.75, 3.05) is 6.61 Å². The van der Waals surface area contributed by atoms with Crippen molar-refractivity contribution in [3.63, 3.8) is 0 Å². The quantitative estimate of drug-likeness (QED) is 0.507. The molecule has 3 nitrogen and oxygen atoms in total. The molecule has 40 valence electrons. The van der Waals surface area contributed by atoms with E-state index in [1.807, 2.05) is 0 Å². The highest BCUT2D eigenvalue weighted by Crippen LogP contribution is 1.70. The standard InChI is InChI=1S/C4H7NO2/c1-2-3-7-4(5)6/h2H,1,3H2,(H2,5,6). The zero-order valence-corrected chi connectivity index (χ0v) is 3.89. The molecule has 0 spiro atoms. The molecule has 0 saturated heterocycles. The summed E-state index contributed by atoms with van der Waals surface area (Å²) < 4.78 is 4.21. The molecule has 0 fully saturated rings. The van der Waals surface area contributed by atoms with E-state index in [0.717, 1.165) is 0 Å². The number of primary amides is 1. The van der Waals surface area contributed by atoms with Crippen LogP contribution in [0.5, 0.6) is 0 Å². The minimum Gasteiger partial charge on any atom is -0.445 e. The average Bonchev–Trinajstić information content (AvgIpc) is 1.61. The summed E-state index contributed by atoms with van der Waals surface area (Å²) in [5.74, 6) is 0. The Balaban J connectivity index is 2.97. The molecule has 0 atom stereocenters. The van der Waals surface area contributed by atoms with Gasteiger partial charge in [-0.1, -0.05) is 12.7 Å². The molecule has 0 aromatic carbocycles. The number of ether oxygens (including phenoxy) is 1. The van der Waals surface area contributed by atoms with E-state index in [0.29, 0.717) is 0 Å². The molecule has 0 unspecified atom stereocenters. The van der Waals surface area contributed by atoms with Gasteiger partial charge in [-0.15, -0.1) is 0 Å². The first-order chi connectivity index (χ1) is 3.27. The van der Waals surface area contributed by atoms with E-state index in [-0.39, 0.29) is 6.61 Å². The molecule has 0 aliphatic carbocycles. The van der Waals surface area contributed by atoms with Crippen LogP contribution < -0.4 is 5.73 Å². The van der Waals surface area contributed by atoms with Crippen molar-refractivity contribution in [2.24, 2.45) is 5.73 Å². The van der Waals surface area contributed by atoms with Gasteiger partial charge in [0.05, 0.1) is 0 Å². The maximum Gasteiger partial charge on any atom is 0.404 e. The molecule has 0 heterocycles. The lowest BCUT2D eigenvalue weighted by atomic mass is 10.7. The van der Waals surface area contributed by atoms with Crippen molar-refractivity contribution in [1.82, 2.24) is 0 Å². The Bertz CT molecular complexity index is 79.8. The first-order valence-electron chi connectivity index (χ1n) is 1.80. The van der Waals surface area contributed by atoms with Crippen LogP contribution in [-0.4, -0.2) is 12.7 Å². The smallest absolute Gasteiger partial charge is 0.404 e. The second-order valence-electron chi connectivity index (χ2n) is 0.919. The highest BCUT2D eigenvalue weighted by molar-refractivity contribution is 5.64. The zero-order valence-electron chi connectivity index (χ0n) is 3.89. The Kier molecular flexibility index (Phi) is 2.76. The molecule has 0 aromatic rings. The van der Waals surface area contributed by atoms with Crippen LogP contribution in [0.3, 0.4) is 0 Å². The highest BCUT2D eigenvalue weighted by atomic mass is 16.5. The molecular weight excluding hydrogens is 94.0 g/mol. The lowest BCUT2D eigenvalue weighted by Crippen LogP contribution is -2.12. The van der Waals surface area contributed by atoms with Crippen molar-refractivity contribution >= 4 is 6.09 Å². The van der Waals surface area contributed by atoms with Crippen LogP contribution in [0.2, 0.25) is 0 Å². The summed E-state index contributed by atoms with van der Waals surface area (Å²) in [6.07, 6.45) is 0.685. The first-order valence-corrected chi connectivity index (χ1v) is 1.80. The lowest BCUT2D eigenvalue weighted by Gasteiger charge is -1.90. The van der Waals surface area contributed by atoms with Gasteiger partial charge in [-0.2, -0.15) is 0 Å². The third-order valence-electron chi connectivity index (χ3n) is 0.343. The van der Waals surface area contributed by atoms with E-state index >= 15 is 0 Å². The zero-order chi connectivity index (χ0) is 5.70. The van der Waals surface area contributed by atoms with Crippen LogP contribution in [0.4, 0.5) is 4.79 Å². The van der Waals surface area contributed by atoms with E-state index < -0.39 is 6.09 Å². The SMILES string of the molecule is C=CCOC(N)=O. The molecule has 0 aliphatic rings. The second kappa shape index (κ2) is 3.21. The first kappa shape index (κ1) is 6.01. The molecule has 0 aromatic heterocycles. The summed E-state index contributed by atoms with van der Waals surface area (Å²) in [7, 11) is 0. The van der Waals surface area contributed by atoms with Crippen LogP contribution >= 0.6 is 0 Å². The summed E-state index contributed by atoms with van der Waals surface area (Å²) in [4.78, 5) is 9.71. The Morgan fingerprint density at radius 3 is 2.71 bits per heavy atom. The number of nitrogens with two attached hydrogens (primary N) is 1. The molecule has 0 bridgehead atoms. The molecule has 0 saturated carbocycles. The number of rotatable bonds is 2. The predicted molar refractivity (Wildman–Crippen MR) is 25.7 cm³/mol. The van der Waals surface area contributed by atoms with Gasteiger partial charge in [0.15, 0.2) is 0 Å². The van der Waals surface area contributed by atoms with Crippen molar-refractivity contribution < 1.29 is 9.53 Å². The largest absolute Gasteiger partial charge is 0.445 e. The third kappa shape index (κ3) is 5.01. The second-order valence-corrected chi connectivity index (χ2v) is 0.919. The number of carbonyl (C=O) groups excluding carboxylic acids is 1. The van der Waals surface area contributed by atoms with Gasteiger partial charge < -0.3 is 10.5 Å². The topological polar surface area (TPSA) is 52.3 Å². The summed E-state index contributed by atoms with van der Waals surface area (Å²) in [5, 5.41) is 0. The Labute approximate surface area is 41.8 Å². The summed E-state index contributed by atoms with van der Waals surface area (Å²) >= 11 is 0. The Morgan fingerprint density at radius 1 is 2.00 bits per heavy atom. The van der Waals surface area contributed by atoms with E-state index in [9.17, 15) is 4.79 Å². The molecule has 0 radical (unpaired) electrons. The Morgan fingerprint density at radius 2 is 2.57 bits per heavy atom. The molecule has 0 aliphatic heterocycles. The number of hydrogen-bond acceptors (Lipinski definition) is 2. The van der Waals surface area contributed by atoms with Crippen LogP contribution in [0.25, 0.3) is 0 Å². The number of amides is 1. The normalized spacial score (nSPS) is 7.43. The van der Waals surface area contributed by atoms with Crippen LogP contribution in [0.15, 0.2) is 12.7 Å². The fraction of sp³-hybridized carbons (Fsp3) is 0.250. The third-order valence-corrected chi connectivity index (χ3v) is 0.343. The number of carbonyl (C=O) groups is 1. The molecule has 3 heteroatoms. The van der Waals surface area contributed by atoms with Gasteiger partial charge in [0, 0.05) is 0 Å². The van der Waals surface area contributed by atoms with Crippen molar-refractivity contribution in [3.8, 4) is 0 Å². The summed E-state index contributed by atoms with van der Waals surface area (Å²) in [5.41, 5.74) is 4.57. The van der Waals surface area contributed by atoms with Gasteiger partial charge in [0.2, 0.25) is 0 Å². The molecule has 0 rings (SSSR count). The van der Waals surface area contributed by atoms with Gasteiger partial charge >= 0.3 is 6.09 Å². The monoisotopic (exact) mass is 101 g/mol. The minimum atomic E-state index is -0.764. The van der Waals surface area contributed by atoms with Crippen molar-refractivity contribution in [2.45, 2.75) is 0 Å². The lowest BCUT2D eigenvalue weighted by molar-refractivity contribution is 0.169.